The minimum absolute atomic E-state index is 0.158. The van der Waals surface area contributed by atoms with Crippen LogP contribution < -0.4 is 5.32 Å². The van der Waals surface area contributed by atoms with E-state index in [1.54, 1.807) is 7.05 Å². The van der Waals surface area contributed by atoms with Gasteiger partial charge in [-0.05, 0) is 12.1 Å². The Labute approximate surface area is 105 Å². The number of nitrogens with one attached hydrogen (secondary N) is 1. The SMILES string of the molecule is Cn1nncc1CNc1c(F)cc(Br)cc1F. The fourth-order valence-electron chi connectivity index (χ4n) is 1.36. The molecule has 7 heteroatoms. The molecule has 0 aliphatic rings. The zero-order valence-electron chi connectivity index (χ0n) is 8.91. The summed E-state index contributed by atoms with van der Waals surface area (Å²) in [6.07, 6.45) is 1.53. The lowest BCUT2D eigenvalue weighted by Gasteiger charge is -2.08. The Morgan fingerprint density at radius 1 is 1.35 bits per heavy atom. The van der Waals surface area contributed by atoms with Gasteiger partial charge in [0.25, 0.3) is 0 Å². The first-order chi connectivity index (χ1) is 8.08. The van der Waals surface area contributed by atoms with E-state index in [-0.39, 0.29) is 12.2 Å². The second-order valence-electron chi connectivity index (χ2n) is 3.45. The van der Waals surface area contributed by atoms with Crippen LogP contribution in [0.15, 0.2) is 22.8 Å². The van der Waals surface area contributed by atoms with Gasteiger partial charge in [-0.2, -0.15) is 0 Å². The summed E-state index contributed by atoms with van der Waals surface area (Å²) in [7, 11) is 1.71. The van der Waals surface area contributed by atoms with Gasteiger partial charge >= 0.3 is 0 Å². The van der Waals surface area contributed by atoms with Gasteiger partial charge in [0.05, 0.1) is 18.4 Å². The number of rotatable bonds is 3. The third-order valence-corrected chi connectivity index (χ3v) is 2.72. The van der Waals surface area contributed by atoms with Crippen molar-refractivity contribution in [3.05, 3.63) is 40.1 Å². The van der Waals surface area contributed by atoms with Gasteiger partial charge in [-0.1, -0.05) is 21.1 Å². The fourth-order valence-corrected chi connectivity index (χ4v) is 1.76. The molecule has 0 radical (unpaired) electrons. The Kier molecular flexibility index (Phi) is 3.37. The van der Waals surface area contributed by atoms with E-state index in [9.17, 15) is 8.78 Å². The van der Waals surface area contributed by atoms with Gasteiger partial charge in [-0.3, -0.25) is 4.68 Å². The summed E-state index contributed by atoms with van der Waals surface area (Å²) in [5.74, 6) is -1.29. The molecule has 1 heterocycles. The van der Waals surface area contributed by atoms with Crippen molar-refractivity contribution in [2.24, 2.45) is 7.05 Å². The van der Waals surface area contributed by atoms with Crippen LogP contribution in [0.1, 0.15) is 5.69 Å². The zero-order chi connectivity index (χ0) is 12.4. The average Bonchev–Trinajstić information content (AvgIpc) is 2.62. The van der Waals surface area contributed by atoms with Crippen LogP contribution in [-0.4, -0.2) is 15.0 Å². The van der Waals surface area contributed by atoms with E-state index in [2.05, 4.69) is 31.6 Å². The van der Waals surface area contributed by atoms with Gasteiger partial charge in [0, 0.05) is 11.5 Å². The Morgan fingerprint density at radius 3 is 2.53 bits per heavy atom. The third-order valence-electron chi connectivity index (χ3n) is 2.26. The molecule has 0 atom stereocenters. The van der Waals surface area contributed by atoms with Crippen molar-refractivity contribution in [1.29, 1.82) is 0 Å². The number of halogens is 3. The molecule has 0 spiro atoms. The van der Waals surface area contributed by atoms with Crippen molar-refractivity contribution >= 4 is 21.6 Å². The maximum atomic E-state index is 13.5. The van der Waals surface area contributed by atoms with Gasteiger partial charge < -0.3 is 5.32 Å². The lowest BCUT2D eigenvalue weighted by atomic mass is 10.3. The second kappa shape index (κ2) is 4.79. The monoisotopic (exact) mass is 302 g/mol. The average molecular weight is 303 g/mol. The Bertz CT molecular complexity index is 518. The minimum atomic E-state index is -0.646. The summed E-state index contributed by atoms with van der Waals surface area (Å²) in [5, 5.41) is 10.1. The first kappa shape index (κ1) is 12.0. The van der Waals surface area contributed by atoms with Crippen LogP contribution in [0, 0.1) is 11.6 Å². The summed E-state index contributed by atoms with van der Waals surface area (Å²) in [6.45, 7) is 0.249. The van der Waals surface area contributed by atoms with E-state index >= 15 is 0 Å². The van der Waals surface area contributed by atoms with Crippen LogP contribution in [0.2, 0.25) is 0 Å². The maximum absolute atomic E-state index is 13.5. The van der Waals surface area contributed by atoms with E-state index in [1.807, 2.05) is 0 Å². The molecular formula is C10H9BrF2N4. The highest BCUT2D eigenvalue weighted by molar-refractivity contribution is 9.10. The molecule has 17 heavy (non-hydrogen) atoms. The molecule has 0 aliphatic heterocycles. The van der Waals surface area contributed by atoms with E-state index in [0.29, 0.717) is 4.47 Å². The van der Waals surface area contributed by atoms with Crippen molar-refractivity contribution in [3.8, 4) is 0 Å². The highest BCUT2D eigenvalue weighted by atomic mass is 79.9. The molecule has 2 rings (SSSR count). The molecule has 4 nitrogen and oxygen atoms in total. The van der Waals surface area contributed by atoms with E-state index in [0.717, 1.165) is 5.69 Å². The van der Waals surface area contributed by atoms with Gasteiger partial charge in [-0.15, -0.1) is 5.10 Å². The molecule has 0 bridgehead atoms. The maximum Gasteiger partial charge on any atom is 0.150 e. The van der Waals surface area contributed by atoms with Crippen LogP contribution in [0.5, 0.6) is 0 Å². The zero-order valence-corrected chi connectivity index (χ0v) is 10.5. The van der Waals surface area contributed by atoms with Crippen molar-refractivity contribution in [2.45, 2.75) is 6.54 Å². The smallest absolute Gasteiger partial charge is 0.150 e. The summed E-state index contributed by atoms with van der Waals surface area (Å²) < 4.78 is 28.8. The summed E-state index contributed by atoms with van der Waals surface area (Å²) >= 11 is 3.02. The predicted octanol–water partition coefficient (Wildman–Crippen LogP) is 2.47. The molecule has 0 fully saturated rings. The van der Waals surface area contributed by atoms with E-state index in [1.165, 1.54) is 23.0 Å². The standard InChI is InChI=1S/C10H9BrF2N4/c1-17-7(5-15-16-17)4-14-10-8(12)2-6(11)3-9(10)13/h2-3,5,14H,4H2,1H3. The van der Waals surface area contributed by atoms with Crippen LogP contribution >= 0.6 is 15.9 Å². The number of hydrogen-bond donors (Lipinski definition) is 1. The summed E-state index contributed by atoms with van der Waals surface area (Å²) in [5.41, 5.74) is 0.570. The molecular weight excluding hydrogens is 294 g/mol. The summed E-state index contributed by atoms with van der Waals surface area (Å²) in [6, 6.07) is 2.40. The first-order valence-electron chi connectivity index (χ1n) is 4.80. The largest absolute Gasteiger partial charge is 0.375 e. The van der Waals surface area contributed by atoms with Crippen LogP contribution in [0.4, 0.5) is 14.5 Å². The minimum Gasteiger partial charge on any atom is -0.375 e. The number of nitrogens with zero attached hydrogens (tertiary/aromatic N) is 3. The lowest BCUT2D eigenvalue weighted by molar-refractivity contribution is 0.585. The summed E-state index contributed by atoms with van der Waals surface area (Å²) in [4.78, 5) is 0. The van der Waals surface area contributed by atoms with Crippen molar-refractivity contribution in [1.82, 2.24) is 15.0 Å². The van der Waals surface area contributed by atoms with Gasteiger partial charge in [0.15, 0.2) is 0 Å². The highest BCUT2D eigenvalue weighted by Crippen LogP contribution is 2.24. The highest BCUT2D eigenvalue weighted by Gasteiger charge is 2.10. The second-order valence-corrected chi connectivity index (χ2v) is 4.36. The molecule has 0 saturated heterocycles. The Balaban J connectivity index is 2.17. The normalized spacial score (nSPS) is 10.6. The van der Waals surface area contributed by atoms with E-state index in [4.69, 9.17) is 0 Å². The number of anilines is 1. The molecule has 0 amide bonds. The van der Waals surface area contributed by atoms with Gasteiger partial charge in [-0.25, -0.2) is 8.78 Å². The molecule has 2 aromatic rings. The molecule has 1 aromatic heterocycles. The number of hydrogen-bond acceptors (Lipinski definition) is 3. The van der Waals surface area contributed by atoms with Gasteiger partial charge in [0.1, 0.15) is 17.3 Å². The van der Waals surface area contributed by atoms with Crippen molar-refractivity contribution in [2.75, 3.05) is 5.32 Å². The molecule has 90 valence electrons. The predicted molar refractivity (Wildman–Crippen MR) is 62.4 cm³/mol. The van der Waals surface area contributed by atoms with Crippen LogP contribution in [0.25, 0.3) is 0 Å². The molecule has 0 unspecified atom stereocenters. The quantitative estimate of drug-likeness (QED) is 0.947. The first-order valence-corrected chi connectivity index (χ1v) is 5.59. The molecule has 0 aliphatic carbocycles. The topological polar surface area (TPSA) is 42.7 Å². The number of aromatic nitrogens is 3. The molecule has 1 N–H and O–H groups in total. The Hall–Kier alpha value is -1.50. The van der Waals surface area contributed by atoms with Crippen LogP contribution in [0.3, 0.4) is 0 Å². The third kappa shape index (κ3) is 2.60. The van der Waals surface area contributed by atoms with Gasteiger partial charge in [0.2, 0.25) is 0 Å². The van der Waals surface area contributed by atoms with E-state index < -0.39 is 11.6 Å². The van der Waals surface area contributed by atoms with Crippen LogP contribution in [-0.2, 0) is 13.6 Å². The van der Waals surface area contributed by atoms with Crippen molar-refractivity contribution in [3.63, 3.8) is 0 Å². The molecule has 1 aromatic carbocycles. The van der Waals surface area contributed by atoms with Crippen molar-refractivity contribution < 1.29 is 8.78 Å². The number of benzene rings is 1. The Morgan fingerprint density at radius 2 is 2.00 bits per heavy atom. The number of aryl methyl sites for hydroxylation is 1. The fraction of sp³-hybridized carbons (Fsp3) is 0.200. The lowest BCUT2D eigenvalue weighted by Crippen LogP contribution is -2.08. The molecule has 0 saturated carbocycles.